The molecule has 0 radical (unpaired) electrons. The first-order chi connectivity index (χ1) is 15.4. The number of carbonyl (C=O) groups excluding carboxylic acids is 2. The van der Waals surface area contributed by atoms with Gasteiger partial charge in [0.2, 0.25) is 11.8 Å². The van der Waals surface area contributed by atoms with Gasteiger partial charge in [-0.25, -0.2) is 0 Å². The molecule has 0 spiro atoms. The van der Waals surface area contributed by atoms with E-state index in [0.29, 0.717) is 19.5 Å². The highest BCUT2D eigenvalue weighted by molar-refractivity contribution is 7.99. The van der Waals surface area contributed by atoms with E-state index in [1.807, 2.05) is 18.8 Å². The molecule has 0 unspecified atom stereocenters. The van der Waals surface area contributed by atoms with E-state index in [2.05, 4.69) is 57.6 Å². The second-order valence-electron chi connectivity index (χ2n) is 5.51. The summed E-state index contributed by atoms with van der Waals surface area (Å²) in [5.41, 5.74) is 0. The molecule has 0 rings (SSSR count). The zero-order valence-electron chi connectivity index (χ0n) is 21.3. The van der Waals surface area contributed by atoms with Gasteiger partial charge in [0.25, 0.3) is 0 Å². The van der Waals surface area contributed by atoms with Crippen molar-refractivity contribution in [1.29, 1.82) is 0 Å². The summed E-state index contributed by atoms with van der Waals surface area (Å²) in [4.78, 5) is 25.3. The van der Waals surface area contributed by atoms with E-state index < -0.39 is 7.04 Å². The number of likely N-dealkylation sites (N-methyl/N-ethyl adjacent to an activating group) is 2. The SMILES string of the molecule is C=CCN(C)C(=O)C=C.C=CCN(C)C(=O)CCSCCCS.SCCCS.[2H]C([2H])([2H])O. The molecule has 2 amide bonds. The minimum Gasteiger partial charge on any atom is -0.400 e. The number of amides is 2. The Kier molecular flexibility index (Phi) is 32.6. The fourth-order valence-corrected chi connectivity index (χ4v) is 3.23. The first kappa shape index (κ1) is 29.5. The van der Waals surface area contributed by atoms with Crippen LogP contribution in [0, 0.1) is 0 Å². The first-order valence-electron chi connectivity index (χ1n) is 10.8. The largest absolute Gasteiger partial charge is 0.400 e. The van der Waals surface area contributed by atoms with Crippen molar-refractivity contribution in [3.05, 3.63) is 38.0 Å². The standard InChI is InChI=1S/C10H19NOS2.C7H11NO.C3H8S2.CH4O/c1-3-6-11(2)10(12)5-9-14-8-4-7-13;1-4-6-8(3)7(9)5-2;4-2-1-3-5;1-2/h3,13H,1,4-9H2,2H3;4-5H,1-2,6H2,3H3;4-5H,1-3H2;2H,1H3/i;;;1D3. The van der Waals surface area contributed by atoms with E-state index in [1.165, 1.54) is 11.0 Å². The molecule has 1 N–H and O–H groups in total. The monoisotopic (exact) mass is 501 g/mol. The highest BCUT2D eigenvalue weighted by Crippen LogP contribution is 2.06. The molecule has 0 aromatic heterocycles. The van der Waals surface area contributed by atoms with E-state index in [9.17, 15) is 9.59 Å². The Morgan fingerprint density at radius 1 is 0.967 bits per heavy atom. The molecule has 178 valence electrons. The van der Waals surface area contributed by atoms with Crippen molar-refractivity contribution in [3.8, 4) is 0 Å². The van der Waals surface area contributed by atoms with Crippen molar-refractivity contribution in [1.82, 2.24) is 9.80 Å². The molecule has 9 heteroatoms. The number of hydrogen-bond acceptors (Lipinski definition) is 7. The molecule has 0 aromatic carbocycles. The third kappa shape index (κ3) is 32.2. The van der Waals surface area contributed by atoms with Crippen LogP contribution in [0.1, 0.15) is 23.4 Å². The maximum absolute atomic E-state index is 11.4. The molecule has 0 fully saturated rings. The molecule has 0 aliphatic carbocycles. The number of thioether (sulfide) groups is 1. The van der Waals surface area contributed by atoms with Crippen LogP contribution in [0.25, 0.3) is 0 Å². The van der Waals surface area contributed by atoms with E-state index in [4.69, 9.17) is 9.22 Å². The molecule has 0 bridgehead atoms. The van der Waals surface area contributed by atoms with Gasteiger partial charge in [-0.2, -0.15) is 49.6 Å². The lowest BCUT2D eigenvalue weighted by Crippen LogP contribution is -2.26. The maximum atomic E-state index is 11.4. The Morgan fingerprint density at radius 2 is 1.43 bits per heavy atom. The highest BCUT2D eigenvalue weighted by atomic mass is 32.2. The minimum atomic E-state index is -2.75. The fourth-order valence-electron chi connectivity index (χ4n) is 1.42. The third-order valence-electron chi connectivity index (χ3n) is 3.01. The molecule has 0 aliphatic heterocycles. The molecular weight excluding hydrogens is 457 g/mol. The number of hydrogen-bond donors (Lipinski definition) is 4. The lowest BCUT2D eigenvalue weighted by atomic mass is 10.4. The third-order valence-corrected chi connectivity index (χ3v) is 5.02. The lowest BCUT2D eigenvalue weighted by molar-refractivity contribution is -0.129. The van der Waals surface area contributed by atoms with Crippen LogP contribution in [0.4, 0.5) is 0 Å². The average molecular weight is 502 g/mol. The molecule has 5 nitrogen and oxygen atoms in total. The lowest BCUT2D eigenvalue weighted by Gasteiger charge is -2.14. The van der Waals surface area contributed by atoms with Gasteiger partial charge in [0.05, 0.1) is 4.11 Å². The number of carbonyl (C=O) groups is 2. The summed E-state index contributed by atoms with van der Waals surface area (Å²) in [6.45, 7) is 11.6. The van der Waals surface area contributed by atoms with Gasteiger partial charge >= 0.3 is 0 Å². The van der Waals surface area contributed by atoms with Crippen LogP contribution >= 0.6 is 49.6 Å². The Balaban J connectivity index is -0.000000189. The molecule has 30 heavy (non-hydrogen) atoms. The molecular formula is C21H42N2O3S4. The van der Waals surface area contributed by atoms with E-state index in [-0.39, 0.29) is 11.8 Å². The van der Waals surface area contributed by atoms with Crippen LogP contribution in [0.3, 0.4) is 0 Å². The topological polar surface area (TPSA) is 60.9 Å². The number of rotatable bonds is 13. The summed E-state index contributed by atoms with van der Waals surface area (Å²) < 4.78 is 17.5. The van der Waals surface area contributed by atoms with Crippen LogP contribution in [-0.4, -0.2) is 89.7 Å². The van der Waals surface area contributed by atoms with Crippen LogP contribution in [0.5, 0.6) is 0 Å². The van der Waals surface area contributed by atoms with Crippen molar-refractivity contribution in [3.63, 3.8) is 0 Å². The number of nitrogens with zero attached hydrogens (tertiary/aromatic N) is 2. The van der Waals surface area contributed by atoms with E-state index in [1.54, 1.807) is 24.1 Å². The molecule has 0 aliphatic rings. The summed E-state index contributed by atoms with van der Waals surface area (Å²) >= 11 is 13.8. The molecule has 0 heterocycles. The van der Waals surface area contributed by atoms with Gasteiger partial charge in [0, 0.05) is 46.4 Å². The van der Waals surface area contributed by atoms with Gasteiger partial charge in [-0.1, -0.05) is 18.7 Å². The second-order valence-corrected chi connectivity index (χ2v) is 8.08. The second kappa shape index (κ2) is 33.2. The predicted octanol–water partition coefficient (Wildman–Crippen LogP) is 3.74. The minimum absolute atomic E-state index is 0.0742. The van der Waals surface area contributed by atoms with Crippen LogP contribution in [0.2, 0.25) is 0 Å². The zero-order chi connectivity index (χ0) is 26.7. The molecule has 0 atom stereocenters. The van der Waals surface area contributed by atoms with Gasteiger partial charge in [0.15, 0.2) is 0 Å². The Labute approximate surface area is 209 Å². The van der Waals surface area contributed by atoms with Crippen LogP contribution in [-0.2, 0) is 9.59 Å². The van der Waals surface area contributed by atoms with Crippen molar-refractivity contribution in [2.45, 2.75) is 19.3 Å². The van der Waals surface area contributed by atoms with Crippen molar-refractivity contribution in [2.75, 3.05) is 63.0 Å². The van der Waals surface area contributed by atoms with Gasteiger partial charge in [0.1, 0.15) is 0 Å². The van der Waals surface area contributed by atoms with Gasteiger partial charge < -0.3 is 14.9 Å². The quantitative estimate of drug-likeness (QED) is 0.134. The Bertz CT molecular complexity index is 504. The predicted molar refractivity (Wildman–Crippen MR) is 147 cm³/mol. The van der Waals surface area contributed by atoms with E-state index in [0.717, 1.165) is 41.6 Å². The summed E-state index contributed by atoms with van der Waals surface area (Å²) in [6.07, 6.45) is 7.55. The number of aliphatic hydroxyl groups is 1. The summed E-state index contributed by atoms with van der Waals surface area (Å²) in [7, 11) is 0.758. The number of thiol groups is 3. The van der Waals surface area contributed by atoms with Crippen LogP contribution in [0.15, 0.2) is 38.0 Å². The average Bonchev–Trinajstić information content (AvgIpc) is 2.73. The van der Waals surface area contributed by atoms with Crippen molar-refractivity contribution >= 4 is 61.5 Å². The van der Waals surface area contributed by atoms with E-state index >= 15 is 0 Å². The zero-order valence-corrected chi connectivity index (χ0v) is 21.8. The van der Waals surface area contributed by atoms with Crippen molar-refractivity contribution in [2.24, 2.45) is 0 Å². The molecule has 0 aromatic rings. The summed E-state index contributed by atoms with van der Waals surface area (Å²) in [5, 5.41) is 7.52. The fraction of sp³-hybridized carbons (Fsp3) is 0.619. The maximum Gasteiger partial charge on any atom is 0.245 e. The van der Waals surface area contributed by atoms with Crippen LogP contribution < -0.4 is 0 Å². The highest BCUT2D eigenvalue weighted by Gasteiger charge is 2.05. The Hall–Kier alpha value is -0.480. The summed E-state index contributed by atoms with van der Waals surface area (Å²) in [5.74, 6) is 4.98. The first-order valence-corrected chi connectivity index (χ1v) is 12.4. The molecule has 0 saturated heterocycles. The molecule has 0 saturated carbocycles. The summed E-state index contributed by atoms with van der Waals surface area (Å²) in [6, 6.07) is 0. The van der Waals surface area contributed by atoms with Gasteiger partial charge in [-0.3, -0.25) is 9.59 Å². The Morgan fingerprint density at radius 3 is 1.80 bits per heavy atom. The smallest absolute Gasteiger partial charge is 0.245 e. The van der Waals surface area contributed by atoms with Crippen molar-refractivity contribution < 1.29 is 18.8 Å². The normalized spacial score (nSPS) is 10.5. The van der Waals surface area contributed by atoms with Gasteiger partial charge in [-0.05, 0) is 41.9 Å². The van der Waals surface area contributed by atoms with Gasteiger partial charge in [-0.15, -0.1) is 13.2 Å².